The summed E-state index contributed by atoms with van der Waals surface area (Å²) in [5, 5.41) is 2.83. The van der Waals surface area contributed by atoms with Crippen LogP contribution in [0.2, 0.25) is 0 Å². The van der Waals surface area contributed by atoms with Crippen molar-refractivity contribution in [1.82, 2.24) is 10.2 Å². The first-order valence-electron chi connectivity index (χ1n) is 10.6. The quantitative estimate of drug-likeness (QED) is 0.544. The van der Waals surface area contributed by atoms with Gasteiger partial charge in [0.2, 0.25) is 11.8 Å². The zero-order chi connectivity index (χ0) is 22.9. The summed E-state index contributed by atoms with van der Waals surface area (Å²) in [5.74, 6) is -1.28. The lowest BCUT2D eigenvalue weighted by atomic mass is 10.0. The zero-order valence-electron chi connectivity index (χ0n) is 17.9. The van der Waals surface area contributed by atoms with E-state index in [-0.39, 0.29) is 36.4 Å². The summed E-state index contributed by atoms with van der Waals surface area (Å²) in [7, 11) is 0. The van der Waals surface area contributed by atoms with Crippen molar-refractivity contribution in [3.8, 4) is 0 Å². The van der Waals surface area contributed by atoms with E-state index in [0.29, 0.717) is 24.1 Å². The zero-order valence-corrected chi connectivity index (χ0v) is 17.9. The number of carbonyl (C=O) groups is 2. The van der Waals surface area contributed by atoms with Crippen molar-refractivity contribution in [2.45, 2.75) is 32.4 Å². The van der Waals surface area contributed by atoms with Crippen LogP contribution in [0.4, 0.5) is 8.78 Å². The summed E-state index contributed by atoms with van der Waals surface area (Å²) in [6, 6.07) is 20.3. The highest BCUT2D eigenvalue weighted by Crippen LogP contribution is 2.17. The van der Waals surface area contributed by atoms with E-state index in [0.717, 1.165) is 5.56 Å². The van der Waals surface area contributed by atoms with E-state index in [4.69, 9.17) is 0 Å². The standard InChI is InChI=1S/C26H26F2N2O2/c1-2-29-26(32)24(16-19-6-4-3-5-7-19)30(18-21-10-14-23(28)15-11-21)25(31)17-20-8-12-22(27)13-9-20/h3-15,24H,2,16-18H2,1H3,(H,29,32)/t24-/m1/s1. The van der Waals surface area contributed by atoms with Gasteiger partial charge >= 0.3 is 0 Å². The van der Waals surface area contributed by atoms with Crippen molar-refractivity contribution >= 4 is 11.8 Å². The number of halogens is 2. The Morgan fingerprint density at radius 2 is 1.38 bits per heavy atom. The van der Waals surface area contributed by atoms with Crippen molar-refractivity contribution in [2.24, 2.45) is 0 Å². The molecule has 166 valence electrons. The van der Waals surface area contributed by atoms with E-state index in [1.807, 2.05) is 37.3 Å². The van der Waals surface area contributed by atoms with Gasteiger partial charge in [-0.2, -0.15) is 0 Å². The molecule has 0 saturated carbocycles. The molecule has 3 aromatic carbocycles. The van der Waals surface area contributed by atoms with Gasteiger partial charge in [0.1, 0.15) is 17.7 Å². The van der Waals surface area contributed by atoms with Crippen LogP contribution in [0.15, 0.2) is 78.9 Å². The minimum atomic E-state index is -0.754. The van der Waals surface area contributed by atoms with Gasteiger partial charge in [-0.3, -0.25) is 9.59 Å². The normalized spacial score (nSPS) is 11.6. The van der Waals surface area contributed by atoms with Gasteiger partial charge in [0, 0.05) is 19.5 Å². The lowest BCUT2D eigenvalue weighted by Crippen LogP contribution is -2.50. The average molecular weight is 437 g/mol. The number of nitrogens with one attached hydrogen (secondary N) is 1. The van der Waals surface area contributed by atoms with Crippen LogP contribution in [0.5, 0.6) is 0 Å². The smallest absolute Gasteiger partial charge is 0.243 e. The molecule has 3 aromatic rings. The number of nitrogens with zero attached hydrogens (tertiary/aromatic N) is 1. The van der Waals surface area contributed by atoms with E-state index in [1.165, 1.54) is 29.2 Å². The molecular weight excluding hydrogens is 410 g/mol. The molecule has 0 aliphatic carbocycles. The van der Waals surface area contributed by atoms with Crippen LogP contribution in [0.3, 0.4) is 0 Å². The lowest BCUT2D eigenvalue weighted by Gasteiger charge is -2.31. The Balaban J connectivity index is 1.93. The van der Waals surface area contributed by atoms with Gasteiger partial charge in [-0.05, 0) is 47.9 Å². The molecule has 0 spiro atoms. The van der Waals surface area contributed by atoms with Crippen molar-refractivity contribution < 1.29 is 18.4 Å². The minimum Gasteiger partial charge on any atom is -0.355 e. The molecule has 2 amide bonds. The molecule has 1 N–H and O–H groups in total. The molecule has 0 bridgehead atoms. The van der Waals surface area contributed by atoms with Gasteiger partial charge in [-0.15, -0.1) is 0 Å². The number of rotatable bonds is 9. The second kappa shape index (κ2) is 11.2. The molecule has 0 unspecified atom stereocenters. The maximum absolute atomic E-state index is 13.4. The number of carbonyl (C=O) groups excluding carboxylic acids is 2. The van der Waals surface area contributed by atoms with E-state index >= 15 is 0 Å². The largest absolute Gasteiger partial charge is 0.355 e. The Hall–Kier alpha value is -3.54. The second-order valence-electron chi connectivity index (χ2n) is 7.55. The molecule has 0 fully saturated rings. The maximum atomic E-state index is 13.4. The summed E-state index contributed by atoms with van der Waals surface area (Å²) in [5.41, 5.74) is 2.28. The third-order valence-corrected chi connectivity index (χ3v) is 5.16. The van der Waals surface area contributed by atoms with Crippen LogP contribution in [0.1, 0.15) is 23.6 Å². The summed E-state index contributed by atoms with van der Waals surface area (Å²) in [6.45, 7) is 2.40. The van der Waals surface area contributed by atoms with Gasteiger partial charge in [-0.25, -0.2) is 8.78 Å². The van der Waals surface area contributed by atoms with Crippen molar-refractivity contribution in [2.75, 3.05) is 6.54 Å². The SMILES string of the molecule is CCNC(=O)[C@@H](Cc1ccccc1)N(Cc1ccc(F)cc1)C(=O)Cc1ccc(F)cc1. The third-order valence-electron chi connectivity index (χ3n) is 5.16. The predicted octanol–water partition coefficient (Wildman–Crippen LogP) is 4.28. The van der Waals surface area contributed by atoms with Gasteiger partial charge < -0.3 is 10.2 Å². The maximum Gasteiger partial charge on any atom is 0.243 e. The van der Waals surface area contributed by atoms with Gasteiger partial charge in [0.25, 0.3) is 0 Å². The molecule has 0 aromatic heterocycles. The highest BCUT2D eigenvalue weighted by Gasteiger charge is 2.30. The third kappa shape index (κ3) is 6.48. The Kier molecular flexibility index (Phi) is 8.08. The number of hydrogen-bond donors (Lipinski definition) is 1. The monoisotopic (exact) mass is 436 g/mol. The molecule has 4 nitrogen and oxygen atoms in total. The fourth-order valence-electron chi connectivity index (χ4n) is 3.51. The number of likely N-dealkylation sites (N-methyl/N-ethyl adjacent to an activating group) is 1. The summed E-state index contributed by atoms with van der Waals surface area (Å²) >= 11 is 0. The lowest BCUT2D eigenvalue weighted by molar-refractivity contribution is -0.140. The average Bonchev–Trinajstić information content (AvgIpc) is 2.79. The highest BCUT2D eigenvalue weighted by molar-refractivity contribution is 5.88. The first kappa shape index (κ1) is 23.1. The summed E-state index contributed by atoms with van der Waals surface area (Å²) in [4.78, 5) is 27.9. The Bertz CT molecular complexity index is 1020. The molecule has 32 heavy (non-hydrogen) atoms. The minimum absolute atomic E-state index is 0.0200. The number of amides is 2. The van der Waals surface area contributed by atoms with Crippen LogP contribution in [0.25, 0.3) is 0 Å². The molecule has 0 saturated heterocycles. The van der Waals surface area contributed by atoms with E-state index < -0.39 is 6.04 Å². The van der Waals surface area contributed by atoms with Crippen LogP contribution < -0.4 is 5.32 Å². The first-order valence-corrected chi connectivity index (χ1v) is 10.6. The summed E-state index contributed by atoms with van der Waals surface area (Å²) < 4.78 is 26.7. The molecule has 6 heteroatoms. The fraction of sp³-hybridized carbons (Fsp3) is 0.231. The summed E-state index contributed by atoms with van der Waals surface area (Å²) in [6.07, 6.45) is 0.356. The van der Waals surface area contributed by atoms with E-state index in [9.17, 15) is 18.4 Å². The van der Waals surface area contributed by atoms with Crippen LogP contribution >= 0.6 is 0 Å². The number of hydrogen-bond acceptors (Lipinski definition) is 2. The van der Waals surface area contributed by atoms with E-state index in [1.54, 1.807) is 24.3 Å². The first-order chi connectivity index (χ1) is 15.5. The number of benzene rings is 3. The molecular formula is C26H26F2N2O2. The van der Waals surface area contributed by atoms with Crippen molar-refractivity contribution in [3.63, 3.8) is 0 Å². The molecule has 0 aliphatic rings. The molecule has 0 aliphatic heterocycles. The highest BCUT2D eigenvalue weighted by atomic mass is 19.1. The van der Waals surface area contributed by atoms with Gasteiger partial charge in [0.05, 0.1) is 6.42 Å². The van der Waals surface area contributed by atoms with Crippen LogP contribution in [-0.4, -0.2) is 29.3 Å². The van der Waals surface area contributed by atoms with Gasteiger partial charge in [-0.1, -0.05) is 54.6 Å². The van der Waals surface area contributed by atoms with Crippen molar-refractivity contribution in [3.05, 3.63) is 107 Å². The van der Waals surface area contributed by atoms with E-state index in [2.05, 4.69) is 5.32 Å². The molecule has 0 radical (unpaired) electrons. The van der Waals surface area contributed by atoms with Crippen LogP contribution in [-0.2, 0) is 29.0 Å². The second-order valence-corrected chi connectivity index (χ2v) is 7.55. The van der Waals surface area contributed by atoms with Gasteiger partial charge in [0.15, 0.2) is 0 Å². The molecule has 3 rings (SSSR count). The van der Waals surface area contributed by atoms with Crippen LogP contribution in [0, 0.1) is 11.6 Å². The Morgan fingerprint density at radius 1 is 0.812 bits per heavy atom. The Labute approximate surface area is 186 Å². The topological polar surface area (TPSA) is 49.4 Å². The van der Waals surface area contributed by atoms with Crippen molar-refractivity contribution in [1.29, 1.82) is 0 Å². The Morgan fingerprint density at radius 3 is 1.94 bits per heavy atom. The molecule has 1 atom stereocenters. The fourth-order valence-corrected chi connectivity index (χ4v) is 3.51. The predicted molar refractivity (Wildman–Crippen MR) is 120 cm³/mol. The molecule has 0 heterocycles.